The number of aryl methyl sites for hydroxylation is 2. The van der Waals surface area contributed by atoms with Gasteiger partial charge in [0.1, 0.15) is 5.82 Å². The Labute approximate surface area is 145 Å². The average Bonchev–Trinajstić information content (AvgIpc) is 2.80. The second-order valence-electron chi connectivity index (χ2n) is 4.94. The lowest BCUT2D eigenvalue weighted by Crippen LogP contribution is -2.13. The van der Waals surface area contributed by atoms with Gasteiger partial charge in [0.05, 0.1) is 5.69 Å². The van der Waals surface area contributed by atoms with E-state index >= 15 is 0 Å². The van der Waals surface area contributed by atoms with Crippen molar-refractivity contribution < 1.29 is 9.90 Å². The third kappa shape index (κ3) is 4.11. The smallest absolute Gasteiger partial charge is 0.354 e. The molecule has 0 saturated carbocycles. The van der Waals surface area contributed by atoms with Crippen molar-refractivity contribution in [1.82, 2.24) is 9.55 Å². The lowest BCUT2D eigenvalue weighted by Gasteiger charge is -2.10. The summed E-state index contributed by atoms with van der Waals surface area (Å²) in [7, 11) is 0. The molecule has 6 heteroatoms. The molecule has 1 heterocycles. The predicted molar refractivity (Wildman–Crippen MR) is 93.1 cm³/mol. The van der Waals surface area contributed by atoms with Gasteiger partial charge in [-0.1, -0.05) is 41.9 Å². The van der Waals surface area contributed by atoms with Gasteiger partial charge in [-0.15, -0.1) is 12.4 Å². The number of benzene rings is 1. The van der Waals surface area contributed by atoms with E-state index in [1.165, 1.54) is 0 Å². The van der Waals surface area contributed by atoms with Crippen molar-refractivity contribution in [2.75, 3.05) is 0 Å². The van der Waals surface area contributed by atoms with E-state index in [0.717, 1.165) is 28.7 Å². The Hall–Kier alpha value is -1.33. The predicted octanol–water partition coefficient (Wildman–Crippen LogP) is 4.33. The highest BCUT2D eigenvalue weighted by Gasteiger charge is 2.21. The van der Waals surface area contributed by atoms with Gasteiger partial charge in [-0.25, -0.2) is 9.78 Å². The number of hydrogen-bond acceptors (Lipinski definition) is 2. The zero-order valence-corrected chi connectivity index (χ0v) is 15.1. The van der Waals surface area contributed by atoms with Crippen LogP contribution in [-0.4, -0.2) is 20.6 Å². The van der Waals surface area contributed by atoms with E-state index in [1.54, 1.807) is 0 Å². The van der Waals surface area contributed by atoms with E-state index in [4.69, 9.17) is 0 Å². The largest absolute Gasteiger partial charge is 0.477 e. The molecule has 0 atom stereocenters. The minimum Gasteiger partial charge on any atom is -0.477 e. The molecule has 120 valence electrons. The zero-order valence-electron chi connectivity index (χ0n) is 12.7. The lowest BCUT2D eigenvalue weighted by atomic mass is 10.2. The van der Waals surface area contributed by atoms with Crippen molar-refractivity contribution >= 4 is 34.3 Å². The molecule has 0 amide bonds. The van der Waals surface area contributed by atoms with Crippen LogP contribution in [0.3, 0.4) is 0 Å². The van der Waals surface area contributed by atoms with E-state index in [-0.39, 0.29) is 12.4 Å². The van der Waals surface area contributed by atoms with Crippen LogP contribution >= 0.6 is 28.3 Å². The molecule has 0 fully saturated rings. The van der Waals surface area contributed by atoms with E-state index in [1.807, 2.05) is 35.8 Å². The minimum atomic E-state index is -0.904. The summed E-state index contributed by atoms with van der Waals surface area (Å²) < 4.78 is 2.85. The maximum absolute atomic E-state index is 11.6. The fourth-order valence-corrected chi connectivity index (χ4v) is 2.66. The fourth-order valence-electron chi connectivity index (χ4n) is 2.40. The highest BCUT2D eigenvalue weighted by Crippen LogP contribution is 2.18. The van der Waals surface area contributed by atoms with E-state index < -0.39 is 5.97 Å². The molecule has 0 unspecified atom stereocenters. The summed E-state index contributed by atoms with van der Waals surface area (Å²) >= 11 is 3.41. The van der Waals surface area contributed by atoms with Crippen LogP contribution < -0.4 is 0 Å². The molecule has 1 aromatic carbocycles. The average molecular weight is 388 g/mol. The summed E-state index contributed by atoms with van der Waals surface area (Å²) in [4.78, 5) is 16.1. The normalized spacial score (nSPS) is 10.3. The molecule has 0 bridgehead atoms. The first kappa shape index (κ1) is 18.7. The van der Waals surface area contributed by atoms with Crippen LogP contribution in [0.1, 0.15) is 47.8 Å². The number of halogens is 2. The van der Waals surface area contributed by atoms with Gasteiger partial charge in [-0.2, -0.15) is 0 Å². The molecule has 0 aliphatic carbocycles. The quantitative estimate of drug-likeness (QED) is 0.802. The van der Waals surface area contributed by atoms with Gasteiger partial charge in [-0.3, -0.25) is 0 Å². The molecule has 1 N–H and O–H groups in total. The Bertz CT molecular complexity index is 638. The number of carbonyl (C=O) groups is 1. The second-order valence-corrected chi connectivity index (χ2v) is 5.86. The van der Waals surface area contributed by atoms with Crippen molar-refractivity contribution in [1.29, 1.82) is 0 Å². The number of imidazole rings is 1. The molecule has 0 saturated heterocycles. The topological polar surface area (TPSA) is 55.1 Å². The fraction of sp³-hybridized carbons (Fsp3) is 0.375. The van der Waals surface area contributed by atoms with Crippen LogP contribution in [0.2, 0.25) is 0 Å². The molecule has 2 aromatic rings. The number of carboxylic acid groups (broad SMARTS) is 1. The van der Waals surface area contributed by atoms with Crippen LogP contribution in [0.25, 0.3) is 0 Å². The maximum Gasteiger partial charge on any atom is 0.354 e. The van der Waals surface area contributed by atoms with Crippen LogP contribution in [0.15, 0.2) is 28.7 Å². The molecule has 2 rings (SSSR count). The summed E-state index contributed by atoms with van der Waals surface area (Å²) in [5, 5.41) is 9.51. The Morgan fingerprint density at radius 3 is 2.41 bits per heavy atom. The lowest BCUT2D eigenvalue weighted by molar-refractivity contribution is 0.0684. The van der Waals surface area contributed by atoms with Crippen molar-refractivity contribution in [3.8, 4) is 0 Å². The Morgan fingerprint density at radius 1 is 1.27 bits per heavy atom. The number of aromatic nitrogens is 2. The van der Waals surface area contributed by atoms with Gasteiger partial charge in [0.15, 0.2) is 5.69 Å². The second kappa shape index (κ2) is 8.34. The van der Waals surface area contributed by atoms with Crippen molar-refractivity contribution in [3.05, 3.63) is 51.5 Å². The number of nitrogens with zero attached hydrogens (tertiary/aromatic N) is 2. The SMILES string of the molecule is CCCc1nc(CC)c(C(=O)O)n1Cc1ccc(Br)cc1.Cl. The first-order valence-electron chi connectivity index (χ1n) is 7.12. The summed E-state index contributed by atoms with van der Waals surface area (Å²) in [5.74, 6) is -0.0477. The molecule has 4 nitrogen and oxygen atoms in total. The van der Waals surface area contributed by atoms with E-state index in [0.29, 0.717) is 24.4 Å². The minimum absolute atomic E-state index is 0. The van der Waals surface area contributed by atoms with E-state index in [9.17, 15) is 9.90 Å². The van der Waals surface area contributed by atoms with Crippen LogP contribution in [0, 0.1) is 0 Å². The van der Waals surface area contributed by atoms with Gasteiger partial charge in [0.2, 0.25) is 0 Å². The molecule has 0 radical (unpaired) electrons. The Balaban J connectivity index is 0.00000242. The third-order valence-corrected chi connectivity index (χ3v) is 3.91. The molecular weight excluding hydrogens is 368 g/mol. The highest BCUT2D eigenvalue weighted by molar-refractivity contribution is 9.10. The monoisotopic (exact) mass is 386 g/mol. The van der Waals surface area contributed by atoms with Crippen molar-refractivity contribution in [2.24, 2.45) is 0 Å². The van der Waals surface area contributed by atoms with Gasteiger partial charge >= 0.3 is 5.97 Å². The van der Waals surface area contributed by atoms with Gasteiger partial charge in [0.25, 0.3) is 0 Å². The van der Waals surface area contributed by atoms with Gasteiger partial charge in [-0.05, 0) is 30.5 Å². The number of hydrogen-bond donors (Lipinski definition) is 1. The Morgan fingerprint density at radius 2 is 1.91 bits per heavy atom. The number of aromatic carboxylic acids is 1. The summed E-state index contributed by atoms with van der Waals surface area (Å²) in [6.45, 7) is 4.55. The summed E-state index contributed by atoms with van der Waals surface area (Å²) in [6, 6.07) is 7.92. The Kier molecular flexibility index (Phi) is 7.10. The molecule has 0 spiro atoms. The first-order chi connectivity index (χ1) is 10.1. The van der Waals surface area contributed by atoms with Crippen molar-refractivity contribution in [3.63, 3.8) is 0 Å². The summed E-state index contributed by atoms with van der Waals surface area (Å²) in [6.07, 6.45) is 2.36. The highest BCUT2D eigenvalue weighted by atomic mass is 79.9. The maximum atomic E-state index is 11.6. The summed E-state index contributed by atoms with van der Waals surface area (Å²) in [5.41, 5.74) is 2.06. The zero-order chi connectivity index (χ0) is 15.4. The van der Waals surface area contributed by atoms with Crippen LogP contribution in [0.4, 0.5) is 0 Å². The third-order valence-electron chi connectivity index (χ3n) is 3.38. The molecule has 22 heavy (non-hydrogen) atoms. The van der Waals surface area contributed by atoms with Crippen LogP contribution in [-0.2, 0) is 19.4 Å². The van der Waals surface area contributed by atoms with Gasteiger partial charge < -0.3 is 9.67 Å². The van der Waals surface area contributed by atoms with E-state index in [2.05, 4.69) is 27.8 Å². The van der Waals surface area contributed by atoms with Crippen molar-refractivity contribution in [2.45, 2.75) is 39.7 Å². The standard InChI is InChI=1S/C16H19BrN2O2.ClH/c1-3-5-14-18-13(4-2)15(16(20)21)19(14)10-11-6-8-12(17)9-7-11;/h6-9H,3-5,10H2,1-2H3,(H,20,21);1H. The molecular formula is C16H20BrClN2O2. The molecule has 0 aliphatic rings. The number of carboxylic acids is 1. The first-order valence-corrected chi connectivity index (χ1v) is 7.92. The van der Waals surface area contributed by atoms with Crippen LogP contribution in [0.5, 0.6) is 0 Å². The molecule has 1 aromatic heterocycles. The molecule has 0 aliphatic heterocycles. The number of rotatable bonds is 6. The van der Waals surface area contributed by atoms with Gasteiger partial charge in [0, 0.05) is 17.4 Å².